The van der Waals surface area contributed by atoms with E-state index >= 15 is 0 Å². The average Bonchev–Trinajstić information content (AvgIpc) is 2.46. The minimum atomic E-state index is -0.597. The second-order valence-corrected chi connectivity index (χ2v) is 4.23. The Morgan fingerprint density at radius 3 is 2.32 bits per heavy atom. The van der Waals surface area contributed by atoms with Crippen LogP contribution in [0.25, 0.3) is 0 Å². The fraction of sp³-hybridized carbons (Fsp3) is 0.133. The van der Waals surface area contributed by atoms with Gasteiger partial charge in [0, 0.05) is 24.5 Å². The van der Waals surface area contributed by atoms with Gasteiger partial charge < -0.3 is 5.32 Å². The van der Waals surface area contributed by atoms with Crippen LogP contribution in [0.5, 0.6) is 0 Å². The van der Waals surface area contributed by atoms with Crippen molar-refractivity contribution in [3.8, 4) is 0 Å². The fourth-order valence-electron chi connectivity index (χ4n) is 1.60. The molecule has 19 heavy (non-hydrogen) atoms. The summed E-state index contributed by atoms with van der Waals surface area (Å²) in [5, 5.41) is 2.60. The molecule has 0 aliphatic rings. The van der Waals surface area contributed by atoms with Gasteiger partial charge in [-0.15, -0.1) is 0 Å². The van der Waals surface area contributed by atoms with Crippen LogP contribution in [0.3, 0.4) is 0 Å². The van der Waals surface area contributed by atoms with E-state index in [0.29, 0.717) is 12.1 Å². The lowest BCUT2D eigenvalue weighted by molar-refractivity contribution is -0.117. The number of hydrogen-bond acceptors (Lipinski definition) is 3. The van der Waals surface area contributed by atoms with Crippen molar-refractivity contribution in [3.63, 3.8) is 0 Å². The van der Waals surface area contributed by atoms with Crippen LogP contribution in [-0.4, -0.2) is 16.7 Å². The van der Waals surface area contributed by atoms with E-state index in [2.05, 4.69) is 10.3 Å². The summed E-state index contributed by atoms with van der Waals surface area (Å²) in [4.78, 5) is 27.5. The Bertz CT molecular complexity index is 577. The largest absolute Gasteiger partial charge is 0.345 e. The number of rotatable bonds is 4. The first kappa shape index (κ1) is 13.0. The molecule has 1 N–H and O–H groups in total. The van der Waals surface area contributed by atoms with E-state index in [0.717, 1.165) is 11.1 Å². The number of benzene rings is 1. The Labute approximate surface area is 111 Å². The smallest absolute Gasteiger partial charge is 0.292 e. The summed E-state index contributed by atoms with van der Waals surface area (Å²) in [6.07, 6.45) is 3.28. The molecule has 0 atom stereocenters. The van der Waals surface area contributed by atoms with Crippen molar-refractivity contribution in [2.45, 2.75) is 13.5 Å². The molecular formula is C15H14N2O2. The number of carbonyl (C=O) groups excluding carboxylic acids is 2. The van der Waals surface area contributed by atoms with Crippen LogP contribution in [0.4, 0.5) is 0 Å². The lowest BCUT2D eigenvalue weighted by atomic mass is 10.1. The molecule has 96 valence electrons. The number of carbonyl (C=O) groups is 2. The van der Waals surface area contributed by atoms with Gasteiger partial charge in [0.25, 0.3) is 5.91 Å². The van der Waals surface area contributed by atoms with E-state index in [1.165, 1.54) is 0 Å². The molecule has 0 bridgehead atoms. The Morgan fingerprint density at radius 1 is 1.05 bits per heavy atom. The van der Waals surface area contributed by atoms with Crippen molar-refractivity contribution < 1.29 is 9.59 Å². The van der Waals surface area contributed by atoms with Gasteiger partial charge in [0.05, 0.1) is 0 Å². The molecule has 1 heterocycles. The first-order valence-corrected chi connectivity index (χ1v) is 5.95. The molecular weight excluding hydrogens is 240 g/mol. The van der Waals surface area contributed by atoms with Crippen molar-refractivity contribution in [1.82, 2.24) is 10.3 Å². The first-order valence-electron chi connectivity index (χ1n) is 5.95. The molecule has 0 aliphatic heterocycles. The number of Topliss-reactive ketones (excluding diaryl/α,β-unsaturated/α-hetero) is 1. The van der Waals surface area contributed by atoms with Crippen molar-refractivity contribution in [2.75, 3.05) is 0 Å². The third kappa shape index (κ3) is 3.48. The summed E-state index contributed by atoms with van der Waals surface area (Å²) in [7, 11) is 0. The predicted molar refractivity (Wildman–Crippen MR) is 71.6 cm³/mol. The zero-order valence-electron chi connectivity index (χ0n) is 10.6. The zero-order chi connectivity index (χ0) is 13.7. The highest BCUT2D eigenvalue weighted by molar-refractivity contribution is 6.42. The summed E-state index contributed by atoms with van der Waals surface area (Å²) in [5.74, 6) is -1.12. The van der Waals surface area contributed by atoms with E-state index in [9.17, 15) is 9.59 Å². The van der Waals surface area contributed by atoms with Gasteiger partial charge in [-0.3, -0.25) is 14.6 Å². The Hall–Kier alpha value is -2.49. The molecule has 4 heteroatoms. The third-order valence-electron chi connectivity index (χ3n) is 2.72. The summed E-state index contributed by atoms with van der Waals surface area (Å²) < 4.78 is 0. The van der Waals surface area contributed by atoms with Gasteiger partial charge in [0.15, 0.2) is 0 Å². The number of aromatic nitrogens is 1. The minimum absolute atomic E-state index is 0.318. The van der Waals surface area contributed by atoms with Crippen LogP contribution in [-0.2, 0) is 11.3 Å². The molecule has 1 amide bonds. The normalized spacial score (nSPS) is 9.95. The van der Waals surface area contributed by atoms with E-state index < -0.39 is 11.7 Å². The number of aryl methyl sites for hydroxylation is 1. The Balaban J connectivity index is 1.96. The van der Waals surface area contributed by atoms with Gasteiger partial charge in [-0.25, -0.2) is 0 Å². The van der Waals surface area contributed by atoms with Gasteiger partial charge in [0.2, 0.25) is 5.78 Å². The summed E-state index contributed by atoms with van der Waals surface area (Å²) >= 11 is 0. The highest BCUT2D eigenvalue weighted by Gasteiger charge is 2.15. The number of ketones is 1. The molecule has 2 aromatic rings. The minimum Gasteiger partial charge on any atom is -0.345 e. The molecule has 0 radical (unpaired) electrons. The SMILES string of the molecule is Cc1ccc(C(=O)C(=O)NCc2ccncc2)cc1. The molecule has 2 rings (SSSR count). The van der Waals surface area contributed by atoms with E-state index in [1.54, 1.807) is 36.7 Å². The van der Waals surface area contributed by atoms with Crippen molar-refractivity contribution >= 4 is 11.7 Å². The lowest BCUT2D eigenvalue weighted by Crippen LogP contribution is -2.30. The van der Waals surface area contributed by atoms with Crippen LogP contribution < -0.4 is 5.32 Å². The van der Waals surface area contributed by atoms with Crippen molar-refractivity contribution in [3.05, 3.63) is 65.5 Å². The molecule has 0 saturated carbocycles. The summed E-state index contributed by atoms with van der Waals surface area (Å²) in [6.45, 7) is 2.25. The van der Waals surface area contributed by atoms with E-state index in [1.807, 2.05) is 19.1 Å². The van der Waals surface area contributed by atoms with Crippen LogP contribution in [0, 0.1) is 6.92 Å². The van der Waals surface area contributed by atoms with Gasteiger partial charge >= 0.3 is 0 Å². The van der Waals surface area contributed by atoms with E-state index in [-0.39, 0.29) is 0 Å². The van der Waals surface area contributed by atoms with Crippen molar-refractivity contribution in [2.24, 2.45) is 0 Å². The molecule has 0 unspecified atom stereocenters. The predicted octanol–water partition coefficient (Wildman–Crippen LogP) is 1.89. The standard InChI is InChI=1S/C15H14N2O2/c1-11-2-4-13(5-3-11)14(18)15(19)17-10-12-6-8-16-9-7-12/h2-9H,10H2,1H3,(H,17,19). The second kappa shape index (κ2) is 5.91. The number of nitrogens with one attached hydrogen (secondary N) is 1. The molecule has 4 nitrogen and oxygen atoms in total. The molecule has 1 aromatic carbocycles. The highest BCUT2D eigenvalue weighted by Crippen LogP contribution is 2.04. The quantitative estimate of drug-likeness (QED) is 0.669. The Kier molecular flexibility index (Phi) is 4.03. The van der Waals surface area contributed by atoms with Crippen LogP contribution in [0.2, 0.25) is 0 Å². The van der Waals surface area contributed by atoms with Gasteiger partial charge in [-0.1, -0.05) is 29.8 Å². The monoisotopic (exact) mass is 254 g/mol. The first-order chi connectivity index (χ1) is 9.16. The van der Waals surface area contributed by atoms with Gasteiger partial charge in [-0.2, -0.15) is 0 Å². The average molecular weight is 254 g/mol. The summed E-state index contributed by atoms with van der Waals surface area (Å²) in [5.41, 5.74) is 2.35. The topological polar surface area (TPSA) is 59.1 Å². The lowest BCUT2D eigenvalue weighted by Gasteiger charge is -2.04. The molecule has 0 aliphatic carbocycles. The molecule has 0 fully saturated rings. The maximum atomic E-state index is 11.9. The van der Waals surface area contributed by atoms with Crippen LogP contribution in [0.1, 0.15) is 21.5 Å². The third-order valence-corrected chi connectivity index (χ3v) is 2.72. The number of amides is 1. The summed E-state index contributed by atoms with van der Waals surface area (Å²) in [6, 6.07) is 10.5. The fourth-order valence-corrected chi connectivity index (χ4v) is 1.60. The Morgan fingerprint density at radius 2 is 1.68 bits per heavy atom. The second-order valence-electron chi connectivity index (χ2n) is 4.23. The maximum absolute atomic E-state index is 11.9. The maximum Gasteiger partial charge on any atom is 0.292 e. The number of hydrogen-bond donors (Lipinski definition) is 1. The van der Waals surface area contributed by atoms with Gasteiger partial charge in [0.1, 0.15) is 0 Å². The molecule has 0 spiro atoms. The molecule has 0 saturated heterocycles. The van der Waals surface area contributed by atoms with Crippen molar-refractivity contribution in [1.29, 1.82) is 0 Å². The van der Waals surface area contributed by atoms with E-state index in [4.69, 9.17) is 0 Å². The molecule has 1 aromatic heterocycles. The highest BCUT2D eigenvalue weighted by atomic mass is 16.2. The van der Waals surface area contributed by atoms with Gasteiger partial charge in [-0.05, 0) is 24.6 Å². The number of pyridine rings is 1. The number of nitrogens with zero attached hydrogens (tertiary/aromatic N) is 1. The van der Waals surface area contributed by atoms with Crippen LogP contribution in [0.15, 0.2) is 48.8 Å². The van der Waals surface area contributed by atoms with Crippen LogP contribution >= 0.6 is 0 Å². The zero-order valence-corrected chi connectivity index (χ0v) is 10.6.